The van der Waals surface area contributed by atoms with Gasteiger partial charge in [0, 0.05) is 11.4 Å². The van der Waals surface area contributed by atoms with Gasteiger partial charge in [-0.3, -0.25) is 0 Å². The zero-order chi connectivity index (χ0) is 13.6. The van der Waals surface area contributed by atoms with E-state index >= 15 is 0 Å². The highest BCUT2D eigenvalue weighted by Crippen LogP contribution is 2.33. The fraction of sp³-hybridized carbons (Fsp3) is 0.533. The Balaban J connectivity index is 2.57. The van der Waals surface area contributed by atoms with Gasteiger partial charge < -0.3 is 4.74 Å². The van der Waals surface area contributed by atoms with E-state index in [1.54, 1.807) is 11.8 Å². The van der Waals surface area contributed by atoms with Crippen LogP contribution in [0.1, 0.15) is 39.7 Å². The lowest BCUT2D eigenvalue weighted by atomic mass is 10.1. The predicted molar refractivity (Wildman–Crippen MR) is 85.5 cm³/mol. The van der Waals surface area contributed by atoms with Crippen molar-refractivity contribution in [2.75, 3.05) is 6.61 Å². The SMILES string of the molecule is CCOC(C)CC(C)(C)SC(=S)c1ccccc1. The van der Waals surface area contributed by atoms with Crippen LogP contribution in [-0.4, -0.2) is 21.7 Å². The normalized spacial score (nSPS) is 13.3. The van der Waals surface area contributed by atoms with E-state index in [4.69, 9.17) is 17.0 Å². The Kier molecular flexibility index (Phi) is 6.33. The predicted octanol–water partition coefficient (Wildman–Crippen LogP) is 4.69. The second kappa shape index (κ2) is 7.27. The Morgan fingerprint density at radius 3 is 2.50 bits per heavy atom. The maximum atomic E-state index is 5.61. The van der Waals surface area contributed by atoms with Crippen LogP contribution in [0.4, 0.5) is 0 Å². The van der Waals surface area contributed by atoms with E-state index < -0.39 is 0 Å². The number of thiocarbonyl (C=S) groups is 1. The van der Waals surface area contributed by atoms with Gasteiger partial charge >= 0.3 is 0 Å². The molecule has 0 aromatic heterocycles. The summed E-state index contributed by atoms with van der Waals surface area (Å²) in [5.74, 6) is 0. The first-order chi connectivity index (χ1) is 8.44. The van der Waals surface area contributed by atoms with Gasteiger partial charge in [-0.25, -0.2) is 0 Å². The summed E-state index contributed by atoms with van der Waals surface area (Å²) in [4.78, 5) is 0. The molecule has 0 aliphatic heterocycles. The van der Waals surface area contributed by atoms with Crippen LogP contribution in [0.5, 0.6) is 0 Å². The smallest absolute Gasteiger partial charge is 0.0783 e. The molecule has 0 fully saturated rings. The van der Waals surface area contributed by atoms with Gasteiger partial charge in [0.1, 0.15) is 0 Å². The molecule has 0 aliphatic carbocycles. The third-order valence-electron chi connectivity index (χ3n) is 2.61. The first-order valence-corrected chi connectivity index (χ1v) is 7.57. The molecule has 0 saturated carbocycles. The molecule has 0 bridgehead atoms. The van der Waals surface area contributed by atoms with Crippen molar-refractivity contribution >= 4 is 28.2 Å². The number of hydrogen-bond donors (Lipinski definition) is 0. The molecule has 1 nitrogen and oxygen atoms in total. The van der Waals surface area contributed by atoms with Crippen LogP contribution in [-0.2, 0) is 4.74 Å². The monoisotopic (exact) mass is 282 g/mol. The van der Waals surface area contributed by atoms with Gasteiger partial charge in [0.2, 0.25) is 0 Å². The van der Waals surface area contributed by atoms with Gasteiger partial charge in [-0.2, -0.15) is 0 Å². The van der Waals surface area contributed by atoms with Crippen LogP contribution in [0, 0.1) is 0 Å². The quantitative estimate of drug-likeness (QED) is 0.701. The molecule has 1 aromatic rings. The van der Waals surface area contributed by atoms with Crippen molar-refractivity contribution in [3.63, 3.8) is 0 Å². The van der Waals surface area contributed by atoms with Crippen molar-refractivity contribution in [3.8, 4) is 0 Å². The first-order valence-electron chi connectivity index (χ1n) is 6.34. The van der Waals surface area contributed by atoms with E-state index in [1.807, 2.05) is 25.1 Å². The van der Waals surface area contributed by atoms with Crippen LogP contribution < -0.4 is 0 Å². The molecule has 18 heavy (non-hydrogen) atoms. The number of benzene rings is 1. The molecule has 0 radical (unpaired) electrons. The number of hydrogen-bond acceptors (Lipinski definition) is 3. The van der Waals surface area contributed by atoms with E-state index in [0.717, 1.165) is 22.8 Å². The summed E-state index contributed by atoms with van der Waals surface area (Å²) < 4.78 is 6.67. The minimum Gasteiger partial charge on any atom is -0.379 e. The van der Waals surface area contributed by atoms with Crippen molar-refractivity contribution in [1.29, 1.82) is 0 Å². The highest BCUT2D eigenvalue weighted by molar-refractivity contribution is 8.24. The van der Waals surface area contributed by atoms with Crippen LogP contribution in [0.15, 0.2) is 30.3 Å². The first kappa shape index (κ1) is 15.7. The lowest BCUT2D eigenvalue weighted by molar-refractivity contribution is 0.0650. The van der Waals surface area contributed by atoms with Crippen molar-refractivity contribution in [1.82, 2.24) is 0 Å². The zero-order valence-electron chi connectivity index (χ0n) is 11.6. The van der Waals surface area contributed by atoms with Crippen molar-refractivity contribution < 1.29 is 4.74 Å². The van der Waals surface area contributed by atoms with E-state index in [-0.39, 0.29) is 10.9 Å². The second-order valence-electron chi connectivity index (χ2n) is 4.99. The van der Waals surface area contributed by atoms with Gasteiger partial charge in [-0.1, -0.05) is 56.4 Å². The standard InChI is InChI=1S/C15H22OS2/c1-5-16-12(2)11-15(3,4)18-14(17)13-9-7-6-8-10-13/h6-10,12H,5,11H2,1-4H3. The number of ether oxygens (including phenoxy) is 1. The van der Waals surface area contributed by atoms with Crippen molar-refractivity contribution in [2.45, 2.75) is 45.0 Å². The summed E-state index contributed by atoms with van der Waals surface area (Å²) >= 11 is 7.27. The minimum atomic E-state index is 0.0987. The van der Waals surface area contributed by atoms with Crippen LogP contribution in [0.2, 0.25) is 0 Å². The van der Waals surface area contributed by atoms with E-state index in [0.29, 0.717) is 0 Å². The molecular formula is C15H22OS2. The van der Waals surface area contributed by atoms with Crippen LogP contribution >= 0.6 is 24.0 Å². The van der Waals surface area contributed by atoms with Gasteiger partial charge in [-0.15, -0.1) is 11.8 Å². The molecule has 1 atom stereocenters. The minimum absolute atomic E-state index is 0.0987. The largest absolute Gasteiger partial charge is 0.379 e. The Bertz CT molecular complexity index is 373. The van der Waals surface area contributed by atoms with Crippen molar-refractivity contribution in [2.24, 2.45) is 0 Å². The summed E-state index contributed by atoms with van der Waals surface area (Å²) in [7, 11) is 0. The Morgan fingerprint density at radius 2 is 1.94 bits per heavy atom. The van der Waals surface area contributed by atoms with Crippen molar-refractivity contribution in [3.05, 3.63) is 35.9 Å². The molecule has 0 amide bonds. The van der Waals surface area contributed by atoms with Gasteiger partial charge in [0.15, 0.2) is 0 Å². The third-order valence-corrected chi connectivity index (χ3v) is 4.23. The molecule has 0 saturated heterocycles. The average Bonchev–Trinajstić information content (AvgIpc) is 2.29. The Hall–Kier alpha value is -0.380. The van der Waals surface area contributed by atoms with E-state index in [1.165, 1.54) is 0 Å². The third kappa shape index (κ3) is 5.51. The number of thioether (sulfide) groups is 1. The van der Waals surface area contributed by atoms with Crippen LogP contribution in [0.3, 0.4) is 0 Å². The molecule has 1 rings (SSSR count). The summed E-state index contributed by atoms with van der Waals surface area (Å²) in [5, 5.41) is 0. The topological polar surface area (TPSA) is 9.23 Å². The highest BCUT2D eigenvalue weighted by Gasteiger charge is 2.24. The molecule has 0 spiro atoms. The molecule has 100 valence electrons. The Labute approximate surface area is 120 Å². The van der Waals surface area contributed by atoms with Crippen LogP contribution in [0.25, 0.3) is 0 Å². The number of rotatable bonds is 6. The fourth-order valence-corrected chi connectivity index (χ4v) is 3.85. The highest BCUT2D eigenvalue weighted by atomic mass is 32.2. The van der Waals surface area contributed by atoms with Gasteiger partial charge in [-0.05, 0) is 25.8 Å². The maximum Gasteiger partial charge on any atom is 0.0783 e. The average molecular weight is 282 g/mol. The molecule has 3 heteroatoms. The second-order valence-corrected chi connectivity index (χ2v) is 7.37. The molecular weight excluding hydrogens is 260 g/mol. The maximum absolute atomic E-state index is 5.61. The summed E-state index contributed by atoms with van der Waals surface area (Å²) in [6.45, 7) is 9.37. The lowest BCUT2D eigenvalue weighted by Gasteiger charge is -2.27. The lowest BCUT2D eigenvalue weighted by Crippen LogP contribution is -2.25. The summed E-state index contributed by atoms with van der Waals surface area (Å²) in [6.07, 6.45) is 1.27. The molecule has 0 N–H and O–H groups in total. The molecule has 0 aliphatic rings. The van der Waals surface area contributed by atoms with Gasteiger partial charge in [0.05, 0.1) is 10.3 Å². The summed E-state index contributed by atoms with van der Waals surface area (Å²) in [5.41, 5.74) is 1.13. The zero-order valence-corrected chi connectivity index (χ0v) is 13.2. The molecule has 0 heterocycles. The molecule has 1 aromatic carbocycles. The summed E-state index contributed by atoms with van der Waals surface area (Å²) in [6, 6.07) is 10.2. The Morgan fingerprint density at radius 1 is 1.33 bits per heavy atom. The van der Waals surface area contributed by atoms with Gasteiger partial charge in [0.25, 0.3) is 0 Å². The fourth-order valence-electron chi connectivity index (χ4n) is 1.96. The molecule has 1 unspecified atom stereocenters. The van der Waals surface area contributed by atoms with E-state index in [2.05, 4.69) is 32.9 Å². The van der Waals surface area contributed by atoms with E-state index in [9.17, 15) is 0 Å².